The van der Waals surface area contributed by atoms with Gasteiger partial charge in [-0.25, -0.2) is 0 Å². The number of likely N-dealkylation sites (N-methyl/N-ethyl adjacent to an activating group) is 2. The molecule has 0 aliphatic heterocycles. The Morgan fingerprint density at radius 1 is 1.06 bits per heavy atom. The van der Waals surface area contributed by atoms with Crippen molar-refractivity contribution in [1.29, 1.82) is 0 Å². The van der Waals surface area contributed by atoms with Gasteiger partial charge in [-0.05, 0) is 34.0 Å². The Bertz CT molecular complexity index is 210. The fraction of sp³-hybridized carbons (Fsp3) is 0.923. The molecule has 1 fully saturated rings. The number of nitrogens with zero attached hydrogens (tertiary/aromatic N) is 2. The molecule has 0 spiro atoms. The lowest BCUT2D eigenvalue weighted by Crippen LogP contribution is -2.40. The van der Waals surface area contributed by atoms with Gasteiger partial charge in [-0.1, -0.05) is 19.3 Å². The Kier molecular flexibility index (Phi) is 5.42. The highest BCUT2D eigenvalue weighted by molar-refractivity contribution is 5.60. The first-order valence-electron chi connectivity index (χ1n) is 6.38. The lowest BCUT2D eigenvalue weighted by atomic mass is 9.75. The Morgan fingerprint density at radius 3 is 2.19 bits per heavy atom. The Hall–Kier alpha value is -0.410. The summed E-state index contributed by atoms with van der Waals surface area (Å²) in [6.07, 6.45) is 7.14. The predicted molar refractivity (Wildman–Crippen MR) is 67.6 cm³/mol. The van der Waals surface area contributed by atoms with E-state index in [0.717, 1.165) is 32.5 Å². The highest BCUT2D eigenvalue weighted by Crippen LogP contribution is 2.34. The first kappa shape index (κ1) is 13.7. The summed E-state index contributed by atoms with van der Waals surface area (Å²) >= 11 is 0. The van der Waals surface area contributed by atoms with Gasteiger partial charge in [0.15, 0.2) is 0 Å². The summed E-state index contributed by atoms with van der Waals surface area (Å²) in [7, 11) is 6.30. The fourth-order valence-electron chi connectivity index (χ4n) is 2.56. The smallest absolute Gasteiger partial charge is 0.127 e. The van der Waals surface area contributed by atoms with E-state index in [1.54, 1.807) is 0 Å². The fourth-order valence-corrected chi connectivity index (χ4v) is 2.56. The lowest BCUT2D eigenvalue weighted by molar-refractivity contribution is -0.118. The van der Waals surface area contributed by atoms with Crippen molar-refractivity contribution in [2.75, 3.05) is 40.8 Å². The number of rotatable bonds is 6. The summed E-state index contributed by atoms with van der Waals surface area (Å²) < 4.78 is 0. The maximum atomic E-state index is 11.3. The van der Waals surface area contributed by atoms with E-state index in [1.807, 2.05) is 0 Å². The second kappa shape index (κ2) is 6.36. The monoisotopic (exact) mass is 226 g/mol. The van der Waals surface area contributed by atoms with E-state index in [4.69, 9.17) is 0 Å². The van der Waals surface area contributed by atoms with Crippen LogP contribution in [-0.4, -0.2) is 56.9 Å². The van der Waals surface area contributed by atoms with Crippen molar-refractivity contribution in [2.24, 2.45) is 5.41 Å². The molecule has 3 nitrogen and oxygen atoms in total. The van der Waals surface area contributed by atoms with Crippen LogP contribution in [0.3, 0.4) is 0 Å². The van der Waals surface area contributed by atoms with E-state index in [-0.39, 0.29) is 5.41 Å². The molecular weight excluding hydrogens is 200 g/mol. The molecule has 0 aromatic rings. The first-order chi connectivity index (χ1) is 7.58. The van der Waals surface area contributed by atoms with Gasteiger partial charge >= 0.3 is 0 Å². The van der Waals surface area contributed by atoms with Crippen LogP contribution >= 0.6 is 0 Å². The molecule has 0 heterocycles. The van der Waals surface area contributed by atoms with Crippen molar-refractivity contribution < 1.29 is 4.79 Å². The van der Waals surface area contributed by atoms with Crippen LogP contribution < -0.4 is 0 Å². The minimum atomic E-state index is -0.0423. The van der Waals surface area contributed by atoms with E-state index < -0.39 is 0 Å². The minimum Gasteiger partial charge on any atom is -0.308 e. The van der Waals surface area contributed by atoms with Crippen molar-refractivity contribution in [3.63, 3.8) is 0 Å². The Morgan fingerprint density at radius 2 is 1.69 bits per heavy atom. The second-order valence-corrected chi connectivity index (χ2v) is 5.58. The SMILES string of the molecule is CN(C)CCN(C)CC1(C=O)CCCCC1. The molecule has 3 heteroatoms. The third-order valence-corrected chi connectivity index (χ3v) is 3.61. The molecular formula is C13H26N2O. The molecule has 0 amide bonds. The maximum Gasteiger partial charge on any atom is 0.127 e. The quantitative estimate of drug-likeness (QED) is 0.643. The average molecular weight is 226 g/mol. The van der Waals surface area contributed by atoms with E-state index in [2.05, 4.69) is 30.9 Å². The van der Waals surface area contributed by atoms with Crippen LogP contribution in [0.4, 0.5) is 0 Å². The molecule has 16 heavy (non-hydrogen) atoms. The number of aldehydes is 1. The number of carbonyl (C=O) groups excluding carboxylic acids is 1. The second-order valence-electron chi connectivity index (χ2n) is 5.58. The van der Waals surface area contributed by atoms with Crippen LogP contribution in [0.1, 0.15) is 32.1 Å². The zero-order chi connectivity index (χ0) is 12.0. The third-order valence-electron chi connectivity index (χ3n) is 3.61. The zero-order valence-electron chi connectivity index (χ0n) is 11.0. The van der Waals surface area contributed by atoms with E-state index in [0.29, 0.717) is 0 Å². The topological polar surface area (TPSA) is 23.6 Å². The predicted octanol–water partition coefficient (Wildman–Crippen LogP) is 1.63. The number of carbonyl (C=O) groups is 1. The molecule has 0 saturated heterocycles. The molecule has 0 N–H and O–H groups in total. The molecule has 1 saturated carbocycles. The molecule has 0 atom stereocenters. The van der Waals surface area contributed by atoms with E-state index in [1.165, 1.54) is 25.5 Å². The van der Waals surface area contributed by atoms with Crippen molar-refractivity contribution in [3.05, 3.63) is 0 Å². The number of hydrogen-bond acceptors (Lipinski definition) is 3. The summed E-state index contributed by atoms with van der Waals surface area (Å²) in [5, 5.41) is 0. The van der Waals surface area contributed by atoms with E-state index >= 15 is 0 Å². The number of hydrogen-bond donors (Lipinski definition) is 0. The first-order valence-corrected chi connectivity index (χ1v) is 6.38. The molecule has 1 aliphatic rings. The van der Waals surface area contributed by atoms with Crippen LogP contribution in [0.5, 0.6) is 0 Å². The van der Waals surface area contributed by atoms with Gasteiger partial charge in [-0.3, -0.25) is 0 Å². The van der Waals surface area contributed by atoms with Crippen molar-refractivity contribution in [2.45, 2.75) is 32.1 Å². The largest absolute Gasteiger partial charge is 0.308 e. The molecule has 0 aromatic carbocycles. The van der Waals surface area contributed by atoms with Crippen molar-refractivity contribution >= 4 is 6.29 Å². The van der Waals surface area contributed by atoms with Crippen LogP contribution in [0.2, 0.25) is 0 Å². The average Bonchev–Trinajstić information content (AvgIpc) is 2.28. The molecule has 1 rings (SSSR count). The summed E-state index contributed by atoms with van der Waals surface area (Å²) in [4.78, 5) is 15.8. The molecule has 1 aliphatic carbocycles. The summed E-state index contributed by atoms with van der Waals surface area (Å²) in [5.74, 6) is 0. The lowest BCUT2D eigenvalue weighted by Gasteiger charge is -2.35. The van der Waals surface area contributed by atoms with Gasteiger partial charge in [-0.15, -0.1) is 0 Å². The summed E-state index contributed by atoms with van der Waals surface area (Å²) in [6, 6.07) is 0. The summed E-state index contributed by atoms with van der Waals surface area (Å²) in [6.45, 7) is 3.04. The van der Waals surface area contributed by atoms with Crippen LogP contribution in [0.25, 0.3) is 0 Å². The van der Waals surface area contributed by atoms with Crippen LogP contribution in [0.15, 0.2) is 0 Å². The van der Waals surface area contributed by atoms with Crippen molar-refractivity contribution in [1.82, 2.24) is 9.80 Å². The van der Waals surface area contributed by atoms with Crippen LogP contribution in [-0.2, 0) is 4.79 Å². The Balaban J connectivity index is 2.39. The molecule has 0 bridgehead atoms. The Labute approximate surface area is 99.8 Å². The van der Waals surface area contributed by atoms with Crippen LogP contribution in [0, 0.1) is 5.41 Å². The van der Waals surface area contributed by atoms with E-state index in [9.17, 15) is 4.79 Å². The molecule has 0 aromatic heterocycles. The highest BCUT2D eigenvalue weighted by Gasteiger charge is 2.32. The maximum absolute atomic E-state index is 11.3. The third kappa shape index (κ3) is 4.22. The molecule has 0 radical (unpaired) electrons. The minimum absolute atomic E-state index is 0.0423. The normalized spacial score (nSPS) is 20.3. The molecule has 94 valence electrons. The standard InChI is InChI=1S/C13H26N2O/c1-14(2)9-10-15(3)11-13(12-16)7-5-4-6-8-13/h12H,4-11H2,1-3H3. The summed E-state index contributed by atoms with van der Waals surface area (Å²) in [5.41, 5.74) is -0.0423. The van der Waals surface area contributed by atoms with Gasteiger partial charge in [0, 0.05) is 25.0 Å². The van der Waals surface area contributed by atoms with Crippen molar-refractivity contribution in [3.8, 4) is 0 Å². The van der Waals surface area contributed by atoms with Gasteiger partial charge < -0.3 is 14.6 Å². The zero-order valence-corrected chi connectivity index (χ0v) is 11.0. The molecule has 0 unspecified atom stereocenters. The van der Waals surface area contributed by atoms with Gasteiger partial charge in [0.05, 0.1) is 0 Å². The van der Waals surface area contributed by atoms with Gasteiger partial charge in [0.1, 0.15) is 6.29 Å². The van der Waals surface area contributed by atoms with Gasteiger partial charge in [0.25, 0.3) is 0 Å². The van der Waals surface area contributed by atoms with Gasteiger partial charge in [-0.2, -0.15) is 0 Å². The van der Waals surface area contributed by atoms with Gasteiger partial charge in [0.2, 0.25) is 0 Å². The highest BCUT2D eigenvalue weighted by atomic mass is 16.1.